The average molecular weight is 531 g/mol. The Balaban J connectivity index is 1.40. The summed E-state index contributed by atoms with van der Waals surface area (Å²) in [6, 6.07) is 19.9. The molecule has 3 aromatic carbocycles. The van der Waals surface area contributed by atoms with E-state index in [1.54, 1.807) is 28.9 Å². The van der Waals surface area contributed by atoms with E-state index in [2.05, 4.69) is 22.1 Å². The molecule has 1 saturated heterocycles. The number of likely N-dealkylation sites (tertiary alicyclic amines) is 1. The molecule has 0 amide bonds. The van der Waals surface area contributed by atoms with E-state index < -0.39 is 4.92 Å². The van der Waals surface area contributed by atoms with Gasteiger partial charge < -0.3 is 19.3 Å². The number of methoxy groups -OCH3 is 2. The molecule has 1 N–H and O–H groups in total. The minimum atomic E-state index is -0.418. The van der Waals surface area contributed by atoms with Crippen molar-refractivity contribution in [2.45, 2.75) is 25.0 Å². The molecule has 1 aliphatic rings. The van der Waals surface area contributed by atoms with Crippen LogP contribution in [0.4, 0.5) is 5.69 Å². The first-order chi connectivity index (χ1) is 18.9. The second-order valence-electron chi connectivity index (χ2n) is 9.53. The van der Waals surface area contributed by atoms with Gasteiger partial charge in [-0.25, -0.2) is 4.68 Å². The summed E-state index contributed by atoms with van der Waals surface area (Å²) in [5.41, 5.74) is 2.86. The zero-order valence-electron chi connectivity index (χ0n) is 21.8. The number of hydrogen-bond donors (Lipinski definition) is 1. The minimum Gasteiger partial charge on any atom is -0.504 e. The highest BCUT2D eigenvalue weighted by atomic mass is 16.6. The van der Waals surface area contributed by atoms with Crippen LogP contribution < -0.4 is 14.2 Å². The van der Waals surface area contributed by atoms with Crippen LogP contribution >= 0.6 is 0 Å². The number of benzene rings is 3. The fourth-order valence-electron chi connectivity index (χ4n) is 5.05. The maximum atomic E-state index is 11.3. The Labute approximate surface area is 226 Å². The zero-order chi connectivity index (χ0) is 27.4. The Morgan fingerprint density at radius 2 is 1.87 bits per heavy atom. The SMILES string of the molecule is COc1cc(-n2cc(C3CC(Oc4cccc([N+](=O)[O-])c4)CN(Cc4ccccc4)C3)cn2)cc(O)c1OC. The highest BCUT2D eigenvalue weighted by Crippen LogP contribution is 2.39. The molecule has 1 aromatic heterocycles. The number of phenols is 1. The molecule has 1 fully saturated rings. The maximum absolute atomic E-state index is 11.3. The van der Waals surface area contributed by atoms with Gasteiger partial charge in [-0.3, -0.25) is 15.0 Å². The molecular formula is C29H30N4O6. The zero-order valence-corrected chi connectivity index (χ0v) is 21.8. The largest absolute Gasteiger partial charge is 0.504 e. The van der Waals surface area contributed by atoms with Gasteiger partial charge >= 0.3 is 0 Å². The monoisotopic (exact) mass is 530 g/mol. The molecule has 0 spiro atoms. The molecule has 2 unspecified atom stereocenters. The molecule has 39 heavy (non-hydrogen) atoms. The number of rotatable bonds is 9. The van der Waals surface area contributed by atoms with E-state index in [4.69, 9.17) is 14.2 Å². The standard InChI is InChI=1S/C29H30N4O6/c1-37-28-14-24(13-27(34)29(28)38-2)32-18-22(15-30-32)21-11-26(39-25-10-6-9-23(12-25)33(35)36)19-31(17-21)16-20-7-4-3-5-8-20/h3-10,12-15,18,21,26,34H,11,16-17,19H2,1-2H3. The summed E-state index contributed by atoms with van der Waals surface area (Å²) in [4.78, 5) is 13.2. The van der Waals surface area contributed by atoms with Crippen molar-refractivity contribution in [3.8, 4) is 28.7 Å². The molecule has 10 nitrogen and oxygen atoms in total. The predicted octanol–water partition coefficient (Wildman–Crippen LogP) is 4.94. The number of nitrogens with zero attached hydrogens (tertiary/aromatic N) is 4. The lowest BCUT2D eigenvalue weighted by Gasteiger charge is -2.37. The van der Waals surface area contributed by atoms with Gasteiger partial charge in [0, 0.05) is 49.9 Å². The number of hydrogen-bond acceptors (Lipinski definition) is 8. The summed E-state index contributed by atoms with van der Waals surface area (Å²) in [6.07, 6.45) is 4.32. The number of piperidine rings is 1. The number of ether oxygens (including phenoxy) is 3. The Hall–Kier alpha value is -4.57. The summed E-state index contributed by atoms with van der Waals surface area (Å²) in [7, 11) is 2.99. The first-order valence-corrected chi connectivity index (χ1v) is 12.6. The number of aromatic hydroxyl groups is 1. The maximum Gasteiger partial charge on any atom is 0.273 e. The van der Waals surface area contributed by atoms with E-state index in [1.165, 1.54) is 31.9 Å². The molecule has 5 rings (SSSR count). The summed E-state index contributed by atoms with van der Waals surface area (Å²) in [5.74, 6) is 1.21. The van der Waals surface area contributed by atoms with Gasteiger partial charge in [-0.1, -0.05) is 36.4 Å². The quantitative estimate of drug-likeness (QED) is 0.239. The molecule has 1 aliphatic heterocycles. The molecule has 0 radical (unpaired) electrons. The minimum absolute atomic E-state index is 0.000417. The molecule has 4 aromatic rings. The van der Waals surface area contributed by atoms with Crippen LogP contribution in [0.2, 0.25) is 0 Å². The summed E-state index contributed by atoms with van der Waals surface area (Å²) in [6.45, 7) is 2.24. The van der Waals surface area contributed by atoms with E-state index >= 15 is 0 Å². The smallest absolute Gasteiger partial charge is 0.273 e. The Kier molecular flexibility index (Phi) is 7.64. The van der Waals surface area contributed by atoms with E-state index in [0.29, 0.717) is 23.7 Å². The molecule has 202 valence electrons. The van der Waals surface area contributed by atoms with Gasteiger partial charge in [-0.2, -0.15) is 5.10 Å². The lowest BCUT2D eigenvalue weighted by molar-refractivity contribution is -0.385. The van der Waals surface area contributed by atoms with Crippen LogP contribution in [-0.4, -0.2) is 58.1 Å². The van der Waals surface area contributed by atoms with Crippen molar-refractivity contribution < 1.29 is 24.2 Å². The molecule has 0 aliphatic carbocycles. The van der Waals surface area contributed by atoms with E-state index in [0.717, 1.165) is 25.1 Å². The van der Waals surface area contributed by atoms with Crippen molar-refractivity contribution in [3.05, 3.63) is 100 Å². The van der Waals surface area contributed by atoms with Crippen molar-refractivity contribution in [2.75, 3.05) is 27.3 Å². The normalized spacial score (nSPS) is 17.5. The van der Waals surface area contributed by atoms with Crippen molar-refractivity contribution in [3.63, 3.8) is 0 Å². The highest BCUT2D eigenvalue weighted by molar-refractivity contribution is 5.57. The third kappa shape index (κ3) is 5.96. The number of nitro groups is 1. The van der Waals surface area contributed by atoms with Crippen molar-refractivity contribution in [1.82, 2.24) is 14.7 Å². The van der Waals surface area contributed by atoms with Crippen LogP contribution in [0.3, 0.4) is 0 Å². The predicted molar refractivity (Wildman–Crippen MR) is 145 cm³/mol. The van der Waals surface area contributed by atoms with Gasteiger partial charge in [-0.05, 0) is 23.6 Å². The molecule has 2 heterocycles. The number of phenolic OH excluding ortho intramolecular Hbond substituents is 1. The highest BCUT2D eigenvalue weighted by Gasteiger charge is 2.31. The van der Waals surface area contributed by atoms with Crippen LogP contribution in [0.25, 0.3) is 5.69 Å². The van der Waals surface area contributed by atoms with Gasteiger partial charge in [0.15, 0.2) is 11.5 Å². The van der Waals surface area contributed by atoms with Crippen molar-refractivity contribution in [2.24, 2.45) is 0 Å². The fraction of sp³-hybridized carbons (Fsp3) is 0.276. The van der Waals surface area contributed by atoms with Gasteiger partial charge in [0.05, 0.1) is 37.1 Å². The third-order valence-corrected chi connectivity index (χ3v) is 6.85. The number of aromatic nitrogens is 2. The fourth-order valence-corrected chi connectivity index (χ4v) is 5.05. The van der Waals surface area contributed by atoms with Gasteiger partial charge in [0.25, 0.3) is 5.69 Å². The second kappa shape index (κ2) is 11.4. The molecule has 0 saturated carbocycles. The van der Waals surface area contributed by atoms with Crippen LogP contribution in [0, 0.1) is 10.1 Å². The lowest BCUT2D eigenvalue weighted by atomic mass is 9.90. The van der Waals surface area contributed by atoms with Crippen LogP contribution in [0.15, 0.2) is 79.1 Å². The topological polar surface area (TPSA) is 112 Å². The Morgan fingerprint density at radius 3 is 2.62 bits per heavy atom. The van der Waals surface area contributed by atoms with Gasteiger partial charge in [0.2, 0.25) is 5.75 Å². The van der Waals surface area contributed by atoms with Crippen molar-refractivity contribution >= 4 is 5.69 Å². The Morgan fingerprint density at radius 1 is 1.05 bits per heavy atom. The number of nitro benzene ring substituents is 1. The van der Waals surface area contributed by atoms with E-state index in [-0.39, 0.29) is 29.2 Å². The average Bonchev–Trinajstić information content (AvgIpc) is 3.44. The van der Waals surface area contributed by atoms with Crippen molar-refractivity contribution in [1.29, 1.82) is 0 Å². The van der Waals surface area contributed by atoms with E-state index in [9.17, 15) is 15.2 Å². The Bertz CT molecular complexity index is 1440. The first-order valence-electron chi connectivity index (χ1n) is 12.6. The molecule has 10 heteroatoms. The molecule has 0 bridgehead atoms. The van der Waals surface area contributed by atoms with Crippen LogP contribution in [-0.2, 0) is 6.54 Å². The third-order valence-electron chi connectivity index (χ3n) is 6.85. The number of non-ortho nitro benzene ring substituents is 1. The van der Waals surface area contributed by atoms with Gasteiger partial charge in [-0.15, -0.1) is 0 Å². The van der Waals surface area contributed by atoms with Crippen LogP contribution in [0.5, 0.6) is 23.0 Å². The second-order valence-corrected chi connectivity index (χ2v) is 9.53. The summed E-state index contributed by atoms with van der Waals surface area (Å²) >= 11 is 0. The summed E-state index contributed by atoms with van der Waals surface area (Å²) < 4.78 is 18.6. The molecule has 2 atom stereocenters. The summed E-state index contributed by atoms with van der Waals surface area (Å²) in [5, 5.41) is 26.2. The molecular weight excluding hydrogens is 500 g/mol. The first kappa shape index (κ1) is 26.1. The lowest BCUT2D eigenvalue weighted by Crippen LogP contribution is -2.44. The van der Waals surface area contributed by atoms with E-state index in [1.807, 2.05) is 30.6 Å². The van der Waals surface area contributed by atoms with Crippen LogP contribution in [0.1, 0.15) is 23.5 Å². The van der Waals surface area contributed by atoms with Gasteiger partial charge in [0.1, 0.15) is 11.9 Å².